The molecule has 0 heterocycles. The van der Waals surface area contributed by atoms with Crippen molar-refractivity contribution in [1.82, 2.24) is 5.32 Å². The van der Waals surface area contributed by atoms with E-state index < -0.39 is 6.04 Å². The van der Waals surface area contributed by atoms with Crippen LogP contribution in [-0.4, -0.2) is 25.3 Å². The molecule has 0 aliphatic carbocycles. The van der Waals surface area contributed by atoms with Gasteiger partial charge in [-0.05, 0) is 13.0 Å². The van der Waals surface area contributed by atoms with Crippen molar-refractivity contribution in [3.05, 3.63) is 0 Å². The van der Waals surface area contributed by atoms with E-state index in [0.717, 1.165) is 0 Å². The summed E-state index contributed by atoms with van der Waals surface area (Å²) in [6.45, 7) is 0.407. The standard InChI is InChI=1S/C5H10N2O2/c6-2-1-5(3-8)7-4-9/h3-5H,1-2,6H2,(H,7,9). The predicted octanol–water partition coefficient (Wildman–Crippen LogP) is -1.35. The zero-order chi connectivity index (χ0) is 7.11. The van der Waals surface area contributed by atoms with Gasteiger partial charge in [-0.1, -0.05) is 0 Å². The zero-order valence-corrected chi connectivity index (χ0v) is 5.04. The van der Waals surface area contributed by atoms with Crippen LogP contribution in [0.3, 0.4) is 0 Å². The van der Waals surface area contributed by atoms with E-state index in [1.54, 1.807) is 0 Å². The molecule has 1 amide bonds. The molecule has 0 fully saturated rings. The Hall–Kier alpha value is -0.900. The minimum absolute atomic E-state index is 0.407. The number of carbonyl (C=O) groups is 2. The normalized spacial score (nSPS) is 12.1. The second-order valence-electron chi connectivity index (χ2n) is 1.60. The first-order valence-corrected chi connectivity index (χ1v) is 2.70. The minimum Gasteiger partial charge on any atom is -0.349 e. The van der Waals surface area contributed by atoms with E-state index in [1.807, 2.05) is 0 Å². The third-order valence-electron chi connectivity index (χ3n) is 0.924. The Labute approximate surface area is 53.4 Å². The highest BCUT2D eigenvalue weighted by Gasteiger charge is 2.01. The molecule has 0 radical (unpaired) electrons. The molecule has 0 aromatic carbocycles. The molecular formula is C5H10N2O2. The number of hydrogen-bond acceptors (Lipinski definition) is 3. The summed E-state index contributed by atoms with van der Waals surface area (Å²) in [6, 6.07) is -0.410. The molecule has 9 heavy (non-hydrogen) atoms. The maximum Gasteiger partial charge on any atom is 0.207 e. The fourth-order valence-corrected chi connectivity index (χ4v) is 0.458. The van der Waals surface area contributed by atoms with E-state index in [1.165, 1.54) is 0 Å². The molecule has 0 spiro atoms. The minimum atomic E-state index is -0.410. The summed E-state index contributed by atoms with van der Waals surface area (Å²) < 4.78 is 0. The number of nitrogens with one attached hydrogen (secondary N) is 1. The molecule has 0 saturated heterocycles. The fourth-order valence-electron chi connectivity index (χ4n) is 0.458. The lowest BCUT2D eigenvalue weighted by molar-refractivity contribution is -0.115. The first kappa shape index (κ1) is 8.10. The lowest BCUT2D eigenvalue weighted by Gasteiger charge is -2.04. The first-order valence-electron chi connectivity index (χ1n) is 2.70. The lowest BCUT2D eigenvalue weighted by Crippen LogP contribution is -2.31. The molecule has 0 aliphatic rings. The molecule has 0 saturated carbocycles. The molecule has 0 bridgehead atoms. The maximum absolute atomic E-state index is 10.0. The van der Waals surface area contributed by atoms with Crippen LogP contribution in [0, 0.1) is 0 Å². The van der Waals surface area contributed by atoms with Gasteiger partial charge < -0.3 is 15.8 Å². The summed E-state index contributed by atoms with van der Waals surface area (Å²) in [4.78, 5) is 19.7. The first-order chi connectivity index (χ1) is 4.35. The molecular weight excluding hydrogens is 120 g/mol. The van der Waals surface area contributed by atoms with Crippen molar-refractivity contribution in [2.24, 2.45) is 5.73 Å². The van der Waals surface area contributed by atoms with E-state index in [9.17, 15) is 9.59 Å². The van der Waals surface area contributed by atoms with Gasteiger partial charge >= 0.3 is 0 Å². The second-order valence-corrected chi connectivity index (χ2v) is 1.60. The van der Waals surface area contributed by atoms with Gasteiger partial charge in [0, 0.05) is 0 Å². The topological polar surface area (TPSA) is 72.2 Å². The molecule has 0 aromatic heterocycles. The van der Waals surface area contributed by atoms with Gasteiger partial charge in [-0.25, -0.2) is 0 Å². The highest BCUT2D eigenvalue weighted by molar-refractivity contribution is 5.63. The van der Waals surface area contributed by atoms with Crippen molar-refractivity contribution in [2.75, 3.05) is 6.54 Å². The molecule has 4 nitrogen and oxygen atoms in total. The van der Waals surface area contributed by atoms with Gasteiger partial charge in [0.2, 0.25) is 6.41 Å². The lowest BCUT2D eigenvalue weighted by atomic mass is 10.2. The average Bonchev–Trinajstić information content (AvgIpc) is 1.88. The van der Waals surface area contributed by atoms with Gasteiger partial charge in [0.05, 0.1) is 6.04 Å². The molecule has 1 atom stereocenters. The predicted molar refractivity (Wildman–Crippen MR) is 32.7 cm³/mol. The number of amides is 1. The van der Waals surface area contributed by atoms with Crippen LogP contribution in [-0.2, 0) is 9.59 Å². The highest BCUT2D eigenvalue weighted by atomic mass is 16.1. The van der Waals surface area contributed by atoms with Crippen molar-refractivity contribution >= 4 is 12.7 Å². The van der Waals surface area contributed by atoms with Gasteiger partial charge in [-0.3, -0.25) is 4.79 Å². The monoisotopic (exact) mass is 130 g/mol. The SMILES string of the molecule is NCCC(C=O)NC=O. The molecule has 0 rings (SSSR count). The average molecular weight is 130 g/mol. The largest absolute Gasteiger partial charge is 0.349 e. The van der Waals surface area contributed by atoms with E-state index in [-0.39, 0.29) is 0 Å². The van der Waals surface area contributed by atoms with Crippen LogP contribution >= 0.6 is 0 Å². The van der Waals surface area contributed by atoms with Crippen molar-refractivity contribution in [3.63, 3.8) is 0 Å². The van der Waals surface area contributed by atoms with E-state index >= 15 is 0 Å². The van der Waals surface area contributed by atoms with Crippen LogP contribution in [0.4, 0.5) is 0 Å². The Morgan fingerprint density at radius 3 is 2.56 bits per heavy atom. The van der Waals surface area contributed by atoms with Crippen LogP contribution < -0.4 is 11.1 Å². The Morgan fingerprint density at radius 2 is 2.22 bits per heavy atom. The van der Waals surface area contributed by atoms with E-state index in [0.29, 0.717) is 25.7 Å². The quantitative estimate of drug-likeness (QED) is 0.452. The number of rotatable bonds is 5. The number of carbonyl (C=O) groups excluding carboxylic acids is 2. The molecule has 0 aromatic rings. The van der Waals surface area contributed by atoms with E-state index in [4.69, 9.17) is 5.73 Å². The van der Waals surface area contributed by atoms with Gasteiger partial charge in [-0.15, -0.1) is 0 Å². The van der Waals surface area contributed by atoms with Crippen molar-refractivity contribution < 1.29 is 9.59 Å². The third kappa shape index (κ3) is 3.66. The summed E-state index contributed by atoms with van der Waals surface area (Å²) in [5.41, 5.74) is 5.12. The third-order valence-corrected chi connectivity index (χ3v) is 0.924. The molecule has 52 valence electrons. The summed E-state index contributed by atoms with van der Waals surface area (Å²) in [7, 11) is 0. The van der Waals surface area contributed by atoms with Gasteiger partial charge in [0.1, 0.15) is 6.29 Å². The van der Waals surface area contributed by atoms with Crippen LogP contribution in [0.1, 0.15) is 6.42 Å². The summed E-state index contributed by atoms with van der Waals surface area (Å²) in [5, 5.41) is 2.30. The summed E-state index contributed by atoms with van der Waals surface area (Å²) >= 11 is 0. The Morgan fingerprint density at radius 1 is 1.56 bits per heavy atom. The van der Waals surface area contributed by atoms with Crippen molar-refractivity contribution in [3.8, 4) is 0 Å². The zero-order valence-electron chi connectivity index (χ0n) is 5.04. The van der Waals surface area contributed by atoms with Crippen LogP contribution in [0.2, 0.25) is 0 Å². The molecule has 3 N–H and O–H groups in total. The number of aldehydes is 1. The Bertz CT molecular complexity index is 95.0. The van der Waals surface area contributed by atoms with Crippen molar-refractivity contribution in [1.29, 1.82) is 0 Å². The fraction of sp³-hybridized carbons (Fsp3) is 0.600. The summed E-state index contributed by atoms with van der Waals surface area (Å²) in [5.74, 6) is 0. The van der Waals surface area contributed by atoms with Gasteiger partial charge in [0.25, 0.3) is 0 Å². The maximum atomic E-state index is 10.0. The van der Waals surface area contributed by atoms with Gasteiger partial charge in [0.15, 0.2) is 0 Å². The smallest absolute Gasteiger partial charge is 0.207 e. The van der Waals surface area contributed by atoms with Crippen LogP contribution in [0.25, 0.3) is 0 Å². The Balaban J connectivity index is 3.40. The van der Waals surface area contributed by atoms with Crippen LogP contribution in [0.15, 0.2) is 0 Å². The second kappa shape index (κ2) is 5.24. The van der Waals surface area contributed by atoms with Crippen molar-refractivity contribution in [2.45, 2.75) is 12.5 Å². The molecule has 1 unspecified atom stereocenters. The van der Waals surface area contributed by atoms with E-state index in [2.05, 4.69) is 5.32 Å². The van der Waals surface area contributed by atoms with Gasteiger partial charge in [-0.2, -0.15) is 0 Å². The number of hydrogen-bond donors (Lipinski definition) is 2. The number of nitrogens with two attached hydrogens (primary N) is 1. The molecule has 0 aliphatic heterocycles. The molecule has 4 heteroatoms. The van der Waals surface area contributed by atoms with Crippen LogP contribution in [0.5, 0.6) is 0 Å². The Kier molecular flexibility index (Phi) is 4.72. The summed E-state index contributed by atoms with van der Waals surface area (Å²) in [6.07, 6.45) is 1.66. The highest BCUT2D eigenvalue weighted by Crippen LogP contribution is 1.81.